The van der Waals surface area contributed by atoms with Crippen LogP contribution in [-0.2, 0) is 32.3 Å². The van der Waals surface area contributed by atoms with E-state index in [1.165, 1.54) is 14.2 Å². The van der Waals surface area contributed by atoms with E-state index < -0.39 is 8.80 Å². The molecule has 0 rings (SSSR count). The van der Waals surface area contributed by atoms with Crippen LogP contribution in [0, 0.1) is 0 Å². The van der Waals surface area contributed by atoms with Gasteiger partial charge in [-0.05, 0) is 38.9 Å². The molecule has 0 amide bonds. The molecular formula is C16H33NO7Si. The van der Waals surface area contributed by atoms with E-state index in [-0.39, 0.29) is 11.9 Å². The number of hydrogen-bond donors (Lipinski definition) is 0. The summed E-state index contributed by atoms with van der Waals surface area (Å²) < 4.78 is 25.6. The summed E-state index contributed by atoms with van der Waals surface area (Å²) in [5.41, 5.74) is 0. The molecule has 0 atom stereocenters. The molecular weight excluding hydrogens is 346 g/mol. The fraction of sp³-hybridized carbons (Fsp3) is 0.875. The molecule has 0 aromatic carbocycles. The standard InChI is InChI=1S/C16H33NO7Si/c1-20-15(18)9-6-11-17(12-7-10-16(19)21-2)13-8-14-25(22-3,23-4)24-5/h6-14H2,1-5H3. The van der Waals surface area contributed by atoms with Gasteiger partial charge in [-0.2, -0.15) is 0 Å². The van der Waals surface area contributed by atoms with Crippen molar-refractivity contribution in [2.75, 3.05) is 55.2 Å². The van der Waals surface area contributed by atoms with Gasteiger partial charge >= 0.3 is 20.7 Å². The predicted octanol–water partition coefficient (Wildman–Crippen LogP) is 1.46. The van der Waals surface area contributed by atoms with Crippen molar-refractivity contribution >= 4 is 20.7 Å². The summed E-state index contributed by atoms with van der Waals surface area (Å²) in [7, 11) is 5.01. The number of esters is 2. The molecule has 8 nitrogen and oxygen atoms in total. The van der Waals surface area contributed by atoms with Crippen LogP contribution in [0.5, 0.6) is 0 Å². The highest BCUT2D eigenvalue weighted by atomic mass is 28.4. The zero-order valence-corrected chi connectivity index (χ0v) is 17.2. The fourth-order valence-electron chi connectivity index (χ4n) is 2.51. The van der Waals surface area contributed by atoms with Crippen LogP contribution in [0.1, 0.15) is 32.1 Å². The highest BCUT2D eigenvalue weighted by Crippen LogP contribution is 2.15. The molecule has 0 heterocycles. The van der Waals surface area contributed by atoms with Gasteiger partial charge in [-0.15, -0.1) is 0 Å². The van der Waals surface area contributed by atoms with Crippen LogP contribution in [0.3, 0.4) is 0 Å². The summed E-state index contributed by atoms with van der Waals surface area (Å²) in [6.45, 7) is 2.34. The lowest BCUT2D eigenvalue weighted by molar-refractivity contribution is -0.141. The van der Waals surface area contributed by atoms with Crippen LogP contribution in [0.2, 0.25) is 6.04 Å². The molecule has 0 saturated heterocycles. The Balaban J connectivity index is 4.39. The second kappa shape index (κ2) is 14.2. The molecule has 0 fully saturated rings. The summed E-state index contributed by atoms with van der Waals surface area (Å²) in [4.78, 5) is 24.7. The average molecular weight is 380 g/mol. The third-order valence-electron chi connectivity index (χ3n) is 4.06. The summed E-state index contributed by atoms with van der Waals surface area (Å²) in [6, 6.07) is 0.709. The van der Waals surface area contributed by atoms with Crippen molar-refractivity contribution in [3.63, 3.8) is 0 Å². The van der Waals surface area contributed by atoms with E-state index in [0.717, 1.165) is 26.1 Å². The molecule has 0 aliphatic rings. The van der Waals surface area contributed by atoms with E-state index in [9.17, 15) is 9.59 Å². The Kier molecular flexibility index (Phi) is 13.6. The smallest absolute Gasteiger partial charge is 0.469 e. The first kappa shape index (κ1) is 24.0. The maximum atomic E-state index is 11.3. The topological polar surface area (TPSA) is 83.5 Å². The molecule has 0 saturated carbocycles. The van der Waals surface area contributed by atoms with E-state index in [1.54, 1.807) is 21.3 Å². The first-order valence-corrected chi connectivity index (χ1v) is 10.4. The third-order valence-corrected chi connectivity index (χ3v) is 6.89. The lowest BCUT2D eigenvalue weighted by atomic mass is 10.2. The van der Waals surface area contributed by atoms with Gasteiger partial charge in [0.25, 0.3) is 0 Å². The van der Waals surface area contributed by atoms with Crippen molar-refractivity contribution in [1.82, 2.24) is 4.90 Å². The zero-order valence-electron chi connectivity index (χ0n) is 16.2. The second-order valence-electron chi connectivity index (χ2n) is 5.60. The van der Waals surface area contributed by atoms with Crippen molar-refractivity contribution in [1.29, 1.82) is 0 Å². The van der Waals surface area contributed by atoms with Crippen molar-refractivity contribution in [2.24, 2.45) is 0 Å². The van der Waals surface area contributed by atoms with Gasteiger partial charge < -0.3 is 27.7 Å². The van der Waals surface area contributed by atoms with E-state index >= 15 is 0 Å². The summed E-state index contributed by atoms with van der Waals surface area (Å²) in [5.74, 6) is -0.418. The quantitative estimate of drug-likeness (QED) is 0.312. The van der Waals surface area contributed by atoms with Crippen molar-refractivity contribution in [2.45, 2.75) is 38.1 Å². The van der Waals surface area contributed by atoms with E-state index in [0.29, 0.717) is 31.7 Å². The monoisotopic (exact) mass is 379 g/mol. The summed E-state index contributed by atoms with van der Waals surface area (Å²) >= 11 is 0. The van der Waals surface area contributed by atoms with Crippen LogP contribution in [-0.4, -0.2) is 80.8 Å². The van der Waals surface area contributed by atoms with Gasteiger partial charge in [0.05, 0.1) is 14.2 Å². The number of ether oxygens (including phenoxy) is 2. The van der Waals surface area contributed by atoms with Crippen LogP contribution in [0.15, 0.2) is 0 Å². The Morgan fingerprint density at radius 2 is 1.12 bits per heavy atom. The Bertz CT molecular complexity index is 347. The van der Waals surface area contributed by atoms with Crippen molar-refractivity contribution < 1.29 is 32.3 Å². The molecule has 148 valence electrons. The van der Waals surface area contributed by atoms with E-state index in [1.807, 2.05) is 0 Å². The lowest BCUT2D eigenvalue weighted by Crippen LogP contribution is -2.43. The Morgan fingerprint density at radius 3 is 1.48 bits per heavy atom. The van der Waals surface area contributed by atoms with Gasteiger partial charge in [-0.1, -0.05) is 0 Å². The second-order valence-corrected chi connectivity index (χ2v) is 8.69. The average Bonchev–Trinajstić information content (AvgIpc) is 2.64. The minimum atomic E-state index is -2.57. The maximum absolute atomic E-state index is 11.3. The molecule has 0 bridgehead atoms. The van der Waals surface area contributed by atoms with Crippen LogP contribution in [0.25, 0.3) is 0 Å². The van der Waals surface area contributed by atoms with E-state index in [4.69, 9.17) is 13.3 Å². The highest BCUT2D eigenvalue weighted by molar-refractivity contribution is 6.60. The third kappa shape index (κ3) is 10.6. The molecule has 0 unspecified atom stereocenters. The minimum absolute atomic E-state index is 0.209. The number of carbonyl (C=O) groups is 2. The van der Waals surface area contributed by atoms with E-state index in [2.05, 4.69) is 14.4 Å². The first-order valence-electron chi connectivity index (χ1n) is 8.48. The van der Waals surface area contributed by atoms with Crippen LogP contribution >= 0.6 is 0 Å². The first-order chi connectivity index (χ1) is 12.0. The van der Waals surface area contributed by atoms with Gasteiger partial charge in [-0.3, -0.25) is 9.59 Å². The number of methoxy groups -OCH3 is 2. The van der Waals surface area contributed by atoms with Gasteiger partial charge in [0.2, 0.25) is 0 Å². The SMILES string of the molecule is COC(=O)CCCN(CCCC(=O)OC)CCC[Si](OC)(OC)OC. The largest absolute Gasteiger partial charge is 0.500 e. The number of nitrogens with zero attached hydrogens (tertiary/aromatic N) is 1. The number of hydrogen-bond acceptors (Lipinski definition) is 8. The van der Waals surface area contributed by atoms with Gasteiger partial charge in [0, 0.05) is 40.2 Å². The molecule has 0 N–H and O–H groups in total. The molecule has 0 aliphatic carbocycles. The molecule has 25 heavy (non-hydrogen) atoms. The summed E-state index contributed by atoms with van der Waals surface area (Å²) in [6.07, 6.45) is 3.05. The Hall–Kier alpha value is -1.00. The Morgan fingerprint density at radius 1 is 0.720 bits per heavy atom. The van der Waals surface area contributed by atoms with Crippen LogP contribution in [0.4, 0.5) is 0 Å². The number of carbonyl (C=O) groups excluding carboxylic acids is 2. The van der Waals surface area contributed by atoms with Gasteiger partial charge in [0.15, 0.2) is 0 Å². The maximum Gasteiger partial charge on any atom is 0.500 e. The number of rotatable bonds is 15. The van der Waals surface area contributed by atoms with Crippen molar-refractivity contribution in [3.8, 4) is 0 Å². The fourth-order valence-corrected chi connectivity index (χ4v) is 4.21. The molecule has 0 radical (unpaired) electrons. The van der Waals surface area contributed by atoms with Gasteiger partial charge in [-0.25, -0.2) is 0 Å². The van der Waals surface area contributed by atoms with Gasteiger partial charge in [0.1, 0.15) is 0 Å². The van der Waals surface area contributed by atoms with Crippen LogP contribution < -0.4 is 0 Å². The normalized spacial score (nSPS) is 11.6. The molecule has 0 aromatic rings. The molecule has 0 aliphatic heterocycles. The lowest BCUT2D eigenvalue weighted by Gasteiger charge is -2.26. The molecule has 0 spiro atoms. The predicted molar refractivity (Wildman–Crippen MR) is 95.1 cm³/mol. The van der Waals surface area contributed by atoms with Crippen molar-refractivity contribution in [3.05, 3.63) is 0 Å². The highest BCUT2D eigenvalue weighted by Gasteiger charge is 2.37. The molecule has 9 heteroatoms. The zero-order chi connectivity index (χ0) is 19.1. The molecule has 0 aromatic heterocycles. The Labute approximate surface area is 152 Å². The summed E-state index contributed by atoms with van der Waals surface area (Å²) in [5, 5.41) is 0. The minimum Gasteiger partial charge on any atom is -0.469 e.